The summed E-state index contributed by atoms with van der Waals surface area (Å²) in [6.45, 7) is 1.84. The van der Waals surface area contributed by atoms with E-state index < -0.39 is 17.9 Å². The van der Waals surface area contributed by atoms with Crippen LogP contribution in [0.1, 0.15) is 24.3 Å². The highest BCUT2D eigenvalue weighted by atomic mass is 32.1. The second-order valence-corrected chi connectivity index (χ2v) is 4.59. The van der Waals surface area contributed by atoms with Gasteiger partial charge < -0.3 is 9.84 Å². The zero-order valence-corrected chi connectivity index (χ0v) is 11.4. The Balaban J connectivity index is 2.24. The Kier molecular flexibility index (Phi) is 4.41. The zero-order chi connectivity index (χ0) is 14.5. The first kappa shape index (κ1) is 14.1. The van der Waals surface area contributed by atoms with E-state index in [0.29, 0.717) is 11.0 Å². The Hall–Kier alpha value is -2.29. The number of aliphatic carboxylic acids is 1. The molecule has 2 aromatic rings. The maximum absolute atomic E-state index is 11.8. The van der Waals surface area contributed by atoms with Gasteiger partial charge >= 0.3 is 11.9 Å². The molecule has 1 atom stereocenters. The van der Waals surface area contributed by atoms with Crippen LogP contribution in [0, 0.1) is 0 Å². The molecule has 1 unspecified atom stereocenters. The number of imidazole rings is 1. The number of rotatable bonds is 6. The maximum atomic E-state index is 11.8. The zero-order valence-electron chi connectivity index (χ0n) is 10.6. The van der Waals surface area contributed by atoms with Gasteiger partial charge in [-0.3, -0.25) is 14.2 Å². The Morgan fingerprint density at radius 3 is 2.95 bits per heavy atom. The smallest absolute Gasteiger partial charge is 0.316 e. The minimum atomic E-state index is -1.09. The van der Waals surface area contributed by atoms with Gasteiger partial charge in [-0.1, -0.05) is 0 Å². The number of carboxylic acids is 1. The Morgan fingerprint density at radius 1 is 1.55 bits per heavy atom. The molecule has 0 fully saturated rings. The number of carbonyl (C=O) groups excluding carboxylic acids is 1. The van der Waals surface area contributed by atoms with Gasteiger partial charge in [0.2, 0.25) is 5.95 Å². The first-order valence-electron chi connectivity index (χ1n) is 5.82. The highest BCUT2D eigenvalue weighted by Gasteiger charge is 2.28. The summed E-state index contributed by atoms with van der Waals surface area (Å²) in [5, 5.41) is 9.20. The standard InChI is InChI=1S/C11H12N4O4S/c1-2-19-10(18)7(5-8(16)17)9-13-11(14-20-9)15-4-3-12-6-15/h3-4,6-7H,2,5H2,1H3,(H,16,17). The number of esters is 1. The van der Waals surface area contributed by atoms with E-state index in [1.165, 1.54) is 6.33 Å². The number of carboxylic acid groups (broad SMARTS) is 1. The molecule has 0 aromatic carbocycles. The van der Waals surface area contributed by atoms with E-state index in [0.717, 1.165) is 11.5 Å². The minimum Gasteiger partial charge on any atom is -0.481 e. The first-order chi connectivity index (χ1) is 9.61. The summed E-state index contributed by atoms with van der Waals surface area (Å²) >= 11 is 0.978. The number of nitrogens with zero attached hydrogens (tertiary/aromatic N) is 4. The van der Waals surface area contributed by atoms with Gasteiger partial charge in [0.25, 0.3) is 0 Å². The van der Waals surface area contributed by atoms with Crippen LogP contribution in [-0.4, -0.2) is 42.6 Å². The third-order valence-corrected chi connectivity index (χ3v) is 3.23. The topological polar surface area (TPSA) is 107 Å². The number of aromatic nitrogens is 4. The largest absolute Gasteiger partial charge is 0.481 e. The molecule has 1 N–H and O–H groups in total. The molecule has 0 spiro atoms. The summed E-state index contributed by atoms with van der Waals surface area (Å²) in [7, 11) is 0. The molecule has 106 valence electrons. The van der Waals surface area contributed by atoms with Crippen molar-refractivity contribution in [3.63, 3.8) is 0 Å². The van der Waals surface area contributed by atoms with Crippen molar-refractivity contribution in [3.8, 4) is 5.95 Å². The summed E-state index contributed by atoms with van der Waals surface area (Å²) in [6.07, 6.45) is 4.36. The molecule has 0 radical (unpaired) electrons. The SMILES string of the molecule is CCOC(=O)C(CC(=O)O)c1nc(-n2ccnc2)ns1. The molecule has 8 nitrogen and oxygen atoms in total. The summed E-state index contributed by atoms with van der Waals surface area (Å²) in [5.41, 5.74) is 0. The molecule has 9 heteroatoms. The monoisotopic (exact) mass is 296 g/mol. The van der Waals surface area contributed by atoms with Crippen LogP contribution < -0.4 is 0 Å². The fourth-order valence-electron chi connectivity index (χ4n) is 1.54. The fourth-order valence-corrected chi connectivity index (χ4v) is 2.28. The molecule has 0 saturated carbocycles. The predicted molar refractivity (Wildman–Crippen MR) is 68.7 cm³/mol. The molecule has 0 amide bonds. The van der Waals surface area contributed by atoms with Crippen molar-refractivity contribution in [1.82, 2.24) is 18.9 Å². The quantitative estimate of drug-likeness (QED) is 0.787. The number of carbonyl (C=O) groups is 2. The van der Waals surface area contributed by atoms with Gasteiger partial charge in [0.05, 0.1) is 13.0 Å². The van der Waals surface area contributed by atoms with Crippen LogP contribution in [-0.2, 0) is 14.3 Å². The first-order valence-corrected chi connectivity index (χ1v) is 6.59. The minimum absolute atomic E-state index is 0.183. The lowest BCUT2D eigenvalue weighted by Crippen LogP contribution is -2.19. The fraction of sp³-hybridized carbons (Fsp3) is 0.364. The molecule has 0 bridgehead atoms. The maximum Gasteiger partial charge on any atom is 0.316 e. The van der Waals surface area contributed by atoms with E-state index in [1.807, 2.05) is 0 Å². The summed E-state index contributed by atoms with van der Waals surface area (Å²) in [4.78, 5) is 30.7. The van der Waals surface area contributed by atoms with Crippen LogP contribution in [0.15, 0.2) is 18.7 Å². The van der Waals surface area contributed by atoms with E-state index in [1.54, 1.807) is 23.9 Å². The molecule has 2 rings (SSSR count). The van der Waals surface area contributed by atoms with E-state index in [-0.39, 0.29) is 13.0 Å². The van der Waals surface area contributed by atoms with Gasteiger partial charge in [-0.2, -0.15) is 4.37 Å². The summed E-state index contributed by atoms with van der Waals surface area (Å²) in [5.74, 6) is -2.30. The van der Waals surface area contributed by atoms with Gasteiger partial charge in [-0.05, 0) is 18.5 Å². The molecule has 20 heavy (non-hydrogen) atoms. The van der Waals surface area contributed by atoms with Gasteiger partial charge in [0, 0.05) is 12.4 Å². The number of hydrogen-bond donors (Lipinski definition) is 1. The second-order valence-electron chi connectivity index (χ2n) is 3.81. The van der Waals surface area contributed by atoms with E-state index in [9.17, 15) is 9.59 Å². The highest BCUT2D eigenvalue weighted by molar-refractivity contribution is 7.05. The molecular formula is C11H12N4O4S. The van der Waals surface area contributed by atoms with Gasteiger partial charge in [0.1, 0.15) is 17.3 Å². The van der Waals surface area contributed by atoms with Crippen LogP contribution in [0.5, 0.6) is 0 Å². The average Bonchev–Trinajstić information content (AvgIpc) is 3.06. The third kappa shape index (κ3) is 3.18. The number of hydrogen-bond acceptors (Lipinski definition) is 7. The van der Waals surface area contributed by atoms with Crippen molar-refractivity contribution in [1.29, 1.82) is 0 Å². The third-order valence-electron chi connectivity index (χ3n) is 2.41. The van der Waals surface area contributed by atoms with Crippen LogP contribution in [0.25, 0.3) is 5.95 Å². The van der Waals surface area contributed by atoms with Crippen LogP contribution in [0.4, 0.5) is 0 Å². The van der Waals surface area contributed by atoms with E-state index in [4.69, 9.17) is 9.84 Å². The second kappa shape index (κ2) is 6.24. The lowest BCUT2D eigenvalue weighted by molar-refractivity contribution is -0.149. The van der Waals surface area contributed by atoms with Crippen molar-refractivity contribution in [2.24, 2.45) is 0 Å². The molecule has 0 saturated heterocycles. The molecule has 2 aromatic heterocycles. The Morgan fingerprint density at radius 2 is 2.35 bits per heavy atom. The van der Waals surface area contributed by atoms with Crippen molar-refractivity contribution >= 4 is 23.5 Å². The van der Waals surface area contributed by atoms with Gasteiger partial charge in [-0.15, -0.1) is 0 Å². The Bertz CT molecular complexity index is 595. The average molecular weight is 296 g/mol. The number of ether oxygens (including phenoxy) is 1. The predicted octanol–water partition coefficient (Wildman–Crippen LogP) is 0.845. The van der Waals surface area contributed by atoms with Gasteiger partial charge in [0.15, 0.2) is 0 Å². The lowest BCUT2D eigenvalue weighted by atomic mass is 10.1. The van der Waals surface area contributed by atoms with Crippen molar-refractivity contribution in [3.05, 3.63) is 23.7 Å². The van der Waals surface area contributed by atoms with Crippen LogP contribution in [0.2, 0.25) is 0 Å². The molecule has 0 aliphatic rings. The molecular weight excluding hydrogens is 284 g/mol. The van der Waals surface area contributed by atoms with Gasteiger partial charge in [-0.25, -0.2) is 9.97 Å². The Labute approximate surface area is 118 Å². The van der Waals surface area contributed by atoms with Crippen molar-refractivity contribution in [2.45, 2.75) is 19.3 Å². The van der Waals surface area contributed by atoms with Crippen LogP contribution >= 0.6 is 11.5 Å². The summed E-state index contributed by atoms with van der Waals surface area (Å²) in [6, 6.07) is 0. The van der Waals surface area contributed by atoms with Crippen molar-refractivity contribution < 1.29 is 19.4 Å². The van der Waals surface area contributed by atoms with E-state index in [2.05, 4.69) is 14.3 Å². The van der Waals surface area contributed by atoms with Crippen LogP contribution in [0.3, 0.4) is 0 Å². The van der Waals surface area contributed by atoms with E-state index >= 15 is 0 Å². The van der Waals surface area contributed by atoms with Crippen molar-refractivity contribution in [2.75, 3.05) is 6.61 Å². The molecule has 0 aliphatic carbocycles. The normalized spacial score (nSPS) is 12.1. The molecule has 2 heterocycles. The molecule has 0 aliphatic heterocycles. The summed E-state index contributed by atoms with van der Waals surface area (Å²) < 4.78 is 10.5. The highest BCUT2D eigenvalue weighted by Crippen LogP contribution is 2.24. The lowest BCUT2D eigenvalue weighted by Gasteiger charge is -2.09.